The van der Waals surface area contributed by atoms with E-state index in [1.165, 1.54) is 11.0 Å². The zero-order valence-corrected chi connectivity index (χ0v) is 11.0. The Balaban J connectivity index is 2.59. The van der Waals surface area contributed by atoms with Crippen molar-refractivity contribution in [2.75, 3.05) is 0 Å². The summed E-state index contributed by atoms with van der Waals surface area (Å²) < 4.78 is 1.41. The summed E-state index contributed by atoms with van der Waals surface area (Å²) in [5, 5.41) is 6.89. The van der Waals surface area contributed by atoms with E-state index in [1.807, 2.05) is 20.8 Å². The van der Waals surface area contributed by atoms with E-state index in [0.29, 0.717) is 0 Å². The maximum absolute atomic E-state index is 11.7. The van der Waals surface area contributed by atoms with Gasteiger partial charge in [-0.2, -0.15) is 0 Å². The Kier molecular flexibility index (Phi) is 4.17. The van der Waals surface area contributed by atoms with Crippen molar-refractivity contribution in [1.29, 1.82) is 0 Å². The van der Waals surface area contributed by atoms with Crippen LogP contribution in [0.3, 0.4) is 0 Å². The quantitative estimate of drug-likeness (QED) is 0.735. The van der Waals surface area contributed by atoms with Gasteiger partial charge in [0.15, 0.2) is 0 Å². The molecule has 0 aliphatic carbocycles. The second-order valence-corrected chi connectivity index (χ2v) is 4.86. The van der Waals surface area contributed by atoms with Crippen molar-refractivity contribution in [3.8, 4) is 0 Å². The number of nitrogens with zero attached hydrogens (tertiary/aromatic N) is 3. The molecule has 1 aromatic rings. The molecule has 6 nitrogen and oxygen atoms in total. The lowest BCUT2D eigenvalue weighted by molar-refractivity contribution is -0.123. The Morgan fingerprint density at radius 2 is 2.29 bits per heavy atom. The van der Waals surface area contributed by atoms with E-state index >= 15 is 0 Å². The lowest BCUT2D eigenvalue weighted by Gasteiger charge is -2.24. The summed E-state index contributed by atoms with van der Waals surface area (Å²) in [4.78, 5) is 15.7. The van der Waals surface area contributed by atoms with Gasteiger partial charge < -0.3 is 11.1 Å². The summed E-state index contributed by atoms with van der Waals surface area (Å²) >= 11 is 4.73. The summed E-state index contributed by atoms with van der Waals surface area (Å²) in [5.41, 5.74) is 5.16. The van der Waals surface area contributed by atoms with Crippen molar-refractivity contribution in [3.63, 3.8) is 0 Å². The normalized spacial score (nSPS) is 11.2. The number of hydrogen-bond donors (Lipinski definition) is 2. The molecular formula is C10H17N5OS. The van der Waals surface area contributed by atoms with Gasteiger partial charge in [0, 0.05) is 5.54 Å². The first kappa shape index (κ1) is 13.6. The molecule has 1 amide bonds. The fourth-order valence-corrected chi connectivity index (χ4v) is 1.23. The largest absolute Gasteiger partial charge is 0.387 e. The molecule has 1 rings (SSSR count). The Morgan fingerprint density at radius 1 is 1.65 bits per heavy atom. The van der Waals surface area contributed by atoms with Crippen molar-refractivity contribution in [3.05, 3.63) is 12.2 Å². The molecule has 0 fully saturated rings. The Hall–Kier alpha value is -1.50. The SMILES string of the molecule is CCC(C)(C)NC(=O)Cn1cnc(C(N)=S)n1. The molecule has 0 spiro atoms. The Morgan fingerprint density at radius 3 is 2.76 bits per heavy atom. The number of nitrogens with two attached hydrogens (primary N) is 1. The predicted molar refractivity (Wildman–Crippen MR) is 68.4 cm³/mol. The molecule has 0 aliphatic heterocycles. The van der Waals surface area contributed by atoms with Gasteiger partial charge in [0.05, 0.1) is 0 Å². The van der Waals surface area contributed by atoms with Crippen LogP contribution < -0.4 is 11.1 Å². The molecule has 0 radical (unpaired) electrons. The van der Waals surface area contributed by atoms with Crippen LogP contribution in [0.4, 0.5) is 0 Å². The predicted octanol–water partition coefficient (Wildman–Crippen LogP) is 0.217. The first-order valence-corrected chi connectivity index (χ1v) is 5.75. The lowest BCUT2D eigenvalue weighted by Crippen LogP contribution is -2.44. The molecule has 0 aliphatic rings. The second kappa shape index (κ2) is 5.22. The van der Waals surface area contributed by atoms with Gasteiger partial charge in [-0.3, -0.25) is 4.79 Å². The molecule has 0 saturated carbocycles. The van der Waals surface area contributed by atoms with Crippen molar-refractivity contribution in [2.45, 2.75) is 39.3 Å². The molecule has 0 bridgehead atoms. The summed E-state index contributed by atoms with van der Waals surface area (Å²) in [6, 6.07) is 0. The van der Waals surface area contributed by atoms with Crippen LogP contribution in [0.1, 0.15) is 33.0 Å². The molecule has 1 aromatic heterocycles. The average Bonchev–Trinajstić information content (AvgIpc) is 2.65. The molecule has 0 unspecified atom stereocenters. The maximum atomic E-state index is 11.7. The summed E-state index contributed by atoms with van der Waals surface area (Å²) in [6.45, 7) is 6.05. The van der Waals surface area contributed by atoms with Crippen LogP contribution in [0.2, 0.25) is 0 Å². The molecular weight excluding hydrogens is 238 g/mol. The fourth-order valence-electron chi connectivity index (χ4n) is 1.14. The van der Waals surface area contributed by atoms with E-state index in [2.05, 4.69) is 15.4 Å². The molecule has 0 saturated heterocycles. The van der Waals surface area contributed by atoms with Crippen LogP contribution in [0.25, 0.3) is 0 Å². The van der Waals surface area contributed by atoms with Crippen LogP contribution in [0.5, 0.6) is 0 Å². The first-order chi connectivity index (χ1) is 7.84. The van der Waals surface area contributed by atoms with Crippen LogP contribution >= 0.6 is 12.2 Å². The molecule has 3 N–H and O–H groups in total. The van der Waals surface area contributed by atoms with Crippen molar-refractivity contribution < 1.29 is 4.79 Å². The molecule has 7 heteroatoms. The monoisotopic (exact) mass is 255 g/mol. The van der Waals surface area contributed by atoms with E-state index in [4.69, 9.17) is 18.0 Å². The van der Waals surface area contributed by atoms with Crippen LogP contribution in [0, 0.1) is 0 Å². The van der Waals surface area contributed by atoms with E-state index in [9.17, 15) is 4.79 Å². The number of aromatic nitrogens is 3. The first-order valence-electron chi connectivity index (χ1n) is 5.34. The average molecular weight is 255 g/mol. The van der Waals surface area contributed by atoms with Crippen LogP contribution in [-0.2, 0) is 11.3 Å². The highest BCUT2D eigenvalue weighted by Crippen LogP contribution is 2.06. The number of hydrogen-bond acceptors (Lipinski definition) is 4. The topological polar surface area (TPSA) is 85.8 Å². The van der Waals surface area contributed by atoms with Gasteiger partial charge in [-0.05, 0) is 20.3 Å². The van der Waals surface area contributed by atoms with E-state index in [1.54, 1.807) is 0 Å². The summed E-state index contributed by atoms with van der Waals surface area (Å²) in [5.74, 6) is 0.166. The highest BCUT2D eigenvalue weighted by molar-refractivity contribution is 7.80. The van der Waals surface area contributed by atoms with Gasteiger partial charge >= 0.3 is 0 Å². The molecule has 94 valence electrons. The molecule has 0 aromatic carbocycles. The third kappa shape index (κ3) is 4.10. The number of nitrogens with one attached hydrogen (secondary N) is 1. The number of carbonyl (C=O) groups is 1. The highest BCUT2D eigenvalue weighted by atomic mass is 32.1. The standard InChI is InChI=1S/C10H17N5OS/c1-4-10(2,3)13-7(16)5-15-6-12-9(14-15)8(11)17/h6H,4-5H2,1-3H3,(H2,11,17)(H,13,16). The van der Waals surface area contributed by atoms with E-state index in [0.717, 1.165) is 6.42 Å². The van der Waals surface area contributed by atoms with Gasteiger partial charge in [0.25, 0.3) is 0 Å². The summed E-state index contributed by atoms with van der Waals surface area (Å²) in [6.07, 6.45) is 2.29. The lowest BCUT2D eigenvalue weighted by atomic mass is 10.0. The summed E-state index contributed by atoms with van der Waals surface area (Å²) in [7, 11) is 0. The van der Waals surface area contributed by atoms with Crippen LogP contribution in [-0.4, -0.2) is 31.2 Å². The third-order valence-electron chi connectivity index (χ3n) is 2.42. The minimum Gasteiger partial charge on any atom is -0.387 e. The van der Waals surface area contributed by atoms with E-state index < -0.39 is 0 Å². The van der Waals surface area contributed by atoms with Gasteiger partial charge in [-0.15, -0.1) is 5.10 Å². The van der Waals surface area contributed by atoms with Gasteiger partial charge in [0.1, 0.15) is 17.9 Å². The number of rotatable bonds is 5. The minimum absolute atomic E-state index is 0.110. The van der Waals surface area contributed by atoms with Gasteiger partial charge in [0.2, 0.25) is 11.7 Å². The number of thiocarbonyl (C=S) groups is 1. The Bertz CT molecular complexity index is 426. The van der Waals surface area contributed by atoms with Crippen molar-refractivity contribution in [2.24, 2.45) is 5.73 Å². The maximum Gasteiger partial charge on any atom is 0.242 e. The zero-order chi connectivity index (χ0) is 13.1. The molecule has 17 heavy (non-hydrogen) atoms. The van der Waals surface area contributed by atoms with Crippen LogP contribution in [0.15, 0.2) is 6.33 Å². The number of amides is 1. The van der Waals surface area contributed by atoms with Gasteiger partial charge in [-0.1, -0.05) is 19.1 Å². The minimum atomic E-state index is -0.219. The zero-order valence-electron chi connectivity index (χ0n) is 10.2. The van der Waals surface area contributed by atoms with Crippen molar-refractivity contribution >= 4 is 23.1 Å². The molecule has 1 heterocycles. The second-order valence-electron chi connectivity index (χ2n) is 4.42. The smallest absolute Gasteiger partial charge is 0.242 e. The third-order valence-corrected chi connectivity index (χ3v) is 2.61. The number of carbonyl (C=O) groups excluding carboxylic acids is 1. The van der Waals surface area contributed by atoms with Crippen molar-refractivity contribution in [1.82, 2.24) is 20.1 Å². The van der Waals surface area contributed by atoms with Gasteiger partial charge in [-0.25, -0.2) is 9.67 Å². The fraction of sp³-hybridized carbons (Fsp3) is 0.600. The molecule has 0 atom stereocenters. The Labute approximate surface area is 106 Å². The highest BCUT2D eigenvalue weighted by Gasteiger charge is 2.18. The van der Waals surface area contributed by atoms with E-state index in [-0.39, 0.29) is 28.8 Å².